The van der Waals surface area contributed by atoms with Crippen LogP contribution in [0, 0.1) is 5.82 Å². The van der Waals surface area contributed by atoms with Crippen LogP contribution in [0.3, 0.4) is 0 Å². The zero-order chi connectivity index (χ0) is 13.7. The number of piperidine rings is 1. The summed E-state index contributed by atoms with van der Waals surface area (Å²) in [5.74, 6) is -0.187. The summed E-state index contributed by atoms with van der Waals surface area (Å²) in [7, 11) is 0. The minimum Gasteiger partial charge on any atom is -0.317 e. The molecule has 1 aromatic carbocycles. The number of halogens is 3. The lowest BCUT2D eigenvalue weighted by Crippen LogP contribution is -2.43. The molecule has 2 nitrogen and oxygen atoms in total. The van der Waals surface area contributed by atoms with Gasteiger partial charge in [-0.3, -0.25) is 4.90 Å². The first-order valence-electron chi connectivity index (χ1n) is 7.09. The second kappa shape index (κ2) is 8.98. The van der Waals surface area contributed by atoms with Crippen molar-refractivity contribution in [3.8, 4) is 0 Å². The summed E-state index contributed by atoms with van der Waals surface area (Å²) in [6.07, 6.45) is 3.58. The molecule has 1 aliphatic rings. The molecule has 0 atom stereocenters. The summed E-state index contributed by atoms with van der Waals surface area (Å²) in [5.41, 5.74) is 1.18. The lowest BCUT2D eigenvalue weighted by Gasteiger charge is -2.34. The highest BCUT2D eigenvalue weighted by molar-refractivity contribution is 9.10. The maximum absolute atomic E-state index is 13.3. The number of nitrogens with zero attached hydrogens (tertiary/aromatic N) is 1. The fraction of sp³-hybridized carbons (Fsp3) is 0.600. The van der Waals surface area contributed by atoms with E-state index in [4.69, 9.17) is 0 Å². The molecule has 1 aliphatic heterocycles. The molecule has 2 rings (SSSR count). The third kappa shape index (κ3) is 4.99. The molecular formula is C15H23BrClFN2. The molecule has 20 heavy (non-hydrogen) atoms. The molecule has 5 heteroatoms. The van der Waals surface area contributed by atoms with E-state index in [2.05, 4.69) is 33.1 Å². The molecule has 1 aromatic rings. The van der Waals surface area contributed by atoms with Gasteiger partial charge in [0.25, 0.3) is 0 Å². The minimum atomic E-state index is -0.187. The summed E-state index contributed by atoms with van der Waals surface area (Å²) in [4.78, 5) is 2.54. The molecule has 0 unspecified atom stereocenters. The topological polar surface area (TPSA) is 15.3 Å². The zero-order valence-electron chi connectivity index (χ0n) is 11.9. The maximum Gasteiger partial charge on any atom is 0.137 e. The Labute approximate surface area is 135 Å². The van der Waals surface area contributed by atoms with Gasteiger partial charge < -0.3 is 5.32 Å². The standard InChI is InChI=1S/C15H22BrFN2.ClH/c1-2-9-19(13-5-7-18-8-6-13)11-12-3-4-15(17)14(16)10-12;/h3-4,10,13,18H,2,5-9,11H2,1H3;1H. The average molecular weight is 366 g/mol. The van der Waals surface area contributed by atoms with E-state index in [0.717, 1.165) is 32.6 Å². The summed E-state index contributed by atoms with van der Waals surface area (Å²) in [6, 6.07) is 6.00. The highest BCUT2D eigenvalue weighted by atomic mass is 79.9. The van der Waals surface area contributed by atoms with Crippen LogP contribution in [0.2, 0.25) is 0 Å². The fourth-order valence-electron chi connectivity index (χ4n) is 2.72. The summed E-state index contributed by atoms with van der Waals surface area (Å²) in [5, 5.41) is 3.41. The van der Waals surface area contributed by atoms with Gasteiger partial charge in [-0.2, -0.15) is 0 Å². The Morgan fingerprint density at radius 1 is 1.35 bits per heavy atom. The highest BCUT2D eigenvalue weighted by Gasteiger charge is 2.20. The van der Waals surface area contributed by atoms with E-state index in [9.17, 15) is 4.39 Å². The van der Waals surface area contributed by atoms with Crippen LogP contribution in [0.25, 0.3) is 0 Å². The first kappa shape index (κ1) is 17.9. The molecule has 0 aromatic heterocycles. The van der Waals surface area contributed by atoms with Gasteiger partial charge in [-0.15, -0.1) is 12.4 Å². The Hall–Kier alpha value is -0.160. The van der Waals surface area contributed by atoms with E-state index in [1.807, 2.05) is 12.1 Å². The predicted octanol–water partition coefficient (Wildman–Crippen LogP) is 3.97. The molecule has 1 N–H and O–H groups in total. The average Bonchev–Trinajstić information content (AvgIpc) is 2.43. The van der Waals surface area contributed by atoms with Crippen LogP contribution in [0.5, 0.6) is 0 Å². The molecule has 0 radical (unpaired) electrons. The van der Waals surface area contributed by atoms with E-state index in [1.165, 1.54) is 18.4 Å². The first-order chi connectivity index (χ1) is 9.20. The number of nitrogens with one attached hydrogen (secondary N) is 1. The monoisotopic (exact) mass is 364 g/mol. The lowest BCUT2D eigenvalue weighted by molar-refractivity contribution is 0.154. The summed E-state index contributed by atoms with van der Waals surface area (Å²) < 4.78 is 13.8. The van der Waals surface area contributed by atoms with Gasteiger partial charge in [0.05, 0.1) is 4.47 Å². The first-order valence-corrected chi connectivity index (χ1v) is 7.88. The third-order valence-electron chi connectivity index (χ3n) is 3.71. The van der Waals surface area contributed by atoms with Crippen LogP contribution in [-0.4, -0.2) is 30.6 Å². The lowest BCUT2D eigenvalue weighted by atomic mass is 10.0. The molecule has 0 amide bonds. The van der Waals surface area contributed by atoms with Gasteiger partial charge in [-0.05, 0) is 72.5 Å². The Morgan fingerprint density at radius 2 is 2.05 bits per heavy atom. The van der Waals surface area contributed by atoms with E-state index in [1.54, 1.807) is 6.07 Å². The maximum atomic E-state index is 13.3. The molecule has 0 saturated carbocycles. The van der Waals surface area contributed by atoms with Gasteiger partial charge in [0, 0.05) is 12.6 Å². The third-order valence-corrected chi connectivity index (χ3v) is 4.31. The SMILES string of the molecule is CCCN(Cc1ccc(F)c(Br)c1)C1CCNCC1.Cl. The van der Waals surface area contributed by atoms with Gasteiger partial charge in [-0.25, -0.2) is 4.39 Å². The van der Waals surface area contributed by atoms with Gasteiger partial charge in [-0.1, -0.05) is 13.0 Å². The molecule has 1 heterocycles. The molecular weight excluding hydrogens is 343 g/mol. The van der Waals surface area contributed by atoms with Gasteiger partial charge in [0.1, 0.15) is 5.82 Å². The number of hydrogen-bond acceptors (Lipinski definition) is 2. The van der Waals surface area contributed by atoms with Crippen molar-refractivity contribution in [3.63, 3.8) is 0 Å². The predicted molar refractivity (Wildman–Crippen MR) is 87.9 cm³/mol. The normalized spacial score (nSPS) is 16.2. The fourth-order valence-corrected chi connectivity index (χ4v) is 3.15. The van der Waals surface area contributed by atoms with Gasteiger partial charge in [0.2, 0.25) is 0 Å². The van der Waals surface area contributed by atoms with E-state index < -0.39 is 0 Å². The molecule has 0 spiro atoms. The van der Waals surface area contributed by atoms with Crippen molar-refractivity contribution in [1.29, 1.82) is 0 Å². The van der Waals surface area contributed by atoms with Crippen LogP contribution in [0.4, 0.5) is 4.39 Å². The molecule has 1 saturated heterocycles. The number of benzene rings is 1. The number of hydrogen-bond donors (Lipinski definition) is 1. The largest absolute Gasteiger partial charge is 0.317 e. The van der Waals surface area contributed by atoms with Crippen molar-refractivity contribution in [2.75, 3.05) is 19.6 Å². The zero-order valence-corrected chi connectivity index (χ0v) is 14.3. The Kier molecular flexibility index (Phi) is 8.03. The molecule has 0 bridgehead atoms. The second-order valence-electron chi connectivity index (χ2n) is 5.20. The smallest absolute Gasteiger partial charge is 0.137 e. The Bertz CT molecular complexity index is 411. The van der Waals surface area contributed by atoms with Crippen LogP contribution in [0.15, 0.2) is 22.7 Å². The Balaban J connectivity index is 0.00000200. The molecule has 114 valence electrons. The highest BCUT2D eigenvalue weighted by Crippen LogP contribution is 2.20. The van der Waals surface area contributed by atoms with Crippen molar-refractivity contribution >= 4 is 28.3 Å². The van der Waals surface area contributed by atoms with Crippen molar-refractivity contribution in [2.24, 2.45) is 0 Å². The van der Waals surface area contributed by atoms with E-state index >= 15 is 0 Å². The van der Waals surface area contributed by atoms with Crippen LogP contribution < -0.4 is 5.32 Å². The summed E-state index contributed by atoms with van der Waals surface area (Å²) >= 11 is 3.27. The minimum absolute atomic E-state index is 0. The molecule has 0 aliphatic carbocycles. The van der Waals surface area contributed by atoms with Crippen LogP contribution in [-0.2, 0) is 6.54 Å². The Morgan fingerprint density at radius 3 is 2.65 bits per heavy atom. The quantitative estimate of drug-likeness (QED) is 0.849. The number of rotatable bonds is 5. The van der Waals surface area contributed by atoms with E-state index in [-0.39, 0.29) is 18.2 Å². The van der Waals surface area contributed by atoms with Crippen LogP contribution >= 0.6 is 28.3 Å². The van der Waals surface area contributed by atoms with Crippen molar-refractivity contribution in [3.05, 3.63) is 34.1 Å². The van der Waals surface area contributed by atoms with Gasteiger partial charge >= 0.3 is 0 Å². The second-order valence-corrected chi connectivity index (χ2v) is 6.05. The van der Waals surface area contributed by atoms with Gasteiger partial charge in [0.15, 0.2) is 0 Å². The van der Waals surface area contributed by atoms with Crippen molar-refractivity contribution in [2.45, 2.75) is 38.8 Å². The van der Waals surface area contributed by atoms with Crippen molar-refractivity contribution < 1.29 is 4.39 Å². The van der Waals surface area contributed by atoms with Crippen LogP contribution in [0.1, 0.15) is 31.7 Å². The summed E-state index contributed by atoms with van der Waals surface area (Å²) in [6.45, 7) is 6.46. The van der Waals surface area contributed by atoms with Crippen molar-refractivity contribution in [1.82, 2.24) is 10.2 Å². The molecule has 1 fully saturated rings. The van der Waals surface area contributed by atoms with E-state index in [0.29, 0.717) is 10.5 Å².